The molecule has 0 aromatic rings. The van der Waals surface area contributed by atoms with Gasteiger partial charge >= 0.3 is 11.9 Å². The van der Waals surface area contributed by atoms with Crippen molar-refractivity contribution in [3.05, 3.63) is 0 Å². The van der Waals surface area contributed by atoms with Crippen LogP contribution in [0.15, 0.2) is 0 Å². The van der Waals surface area contributed by atoms with Crippen LogP contribution in [0.25, 0.3) is 0 Å². The molecular formula is C7H12O4S. The highest BCUT2D eigenvalue weighted by atomic mass is 32.2. The molecule has 0 aliphatic rings. The summed E-state index contributed by atoms with van der Waals surface area (Å²) in [5, 5.41) is 0. The van der Waals surface area contributed by atoms with Crippen molar-refractivity contribution in [3.8, 4) is 0 Å². The molecule has 0 saturated carbocycles. The standard InChI is InChI=1S/C7H12O4S/c1-4-6(8)10-5(2)7(9)11-12-3/h5H,4H2,1-3H3. The van der Waals surface area contributed by atoms with Gasteiger partial charge in [-0.25, -0.2) is 4.79 Å². The fourth-order valence-corrected chi connectivity index (χ4v) is 0.778. The Balaban J connectivity index is 3.78. The van der Waals surface area contributed by atoms with E-state index in [1.165, 1.54) is 6.92 Å². The Labute approximate surface area is 75.8 Å². The van der Waals surface area contributed by atoms with Crippen molar-refractivity contribution in [3.63, 3.8) is 0 Å². The summed E-state index contributed by atoms with van der Waals surface area (Å²) in [5.41, 5.74) is 0. The molecule has 0 aromatic heterocycles. The van der Waals surface area contributed by atoms with Crippen molar-refractivity contribution in [2.24, 2.45) is 0 Å². The first-order valence-electron chi connectivity index (χ1n) is 3.55. The third-order valence-electron chi connectivity index (χ3n) is 1.09. The van der Waals surface area contributed by atoms with Crippen molar-refractivity contribution in [2.45, 2.75) is 26.4 Å². The van der Waals surface area contributed by atoms with E-state index in [9.17, 15) is 9.59 Å². The molecule has 0 amide bonds. The van der Waals surface area contributed by atoms with Crippen LogP contribution in [0, 0.1) is 0 Å². The van der Waals surface area contributed by atoms with E-state index in [1.54, 1.807) is 13.2 Å². The van der Waals surface area contributed by atoms with Gasteiger partial charge in [-0.1, -0.05) is 6.92 Å². The number of rotatable bonds is 4. The van der Waals surface area contributed by atoms with E-state index in [-0.39, 0.29) is 6.42 Å². The second-order valence-electron chi connectivity index (χ2n) is 2.05. The number of hydrogen-bond acceptors (Lipinski definition) is 5. The maximum Gasteiger partial charge on any atom is 0.359 e. The molecule has 5 heteroatoms. The molecule has 0 heterocycles. The third-order valence-corrected chi connectivity index (χ3v) is 1.43. The molecule has 0 aromatic carbocycles. The molecule has 4 nitrogen and oxygen atoms in total. The number of esters is 1. The molecule has 1 unspecified atom stereocenters. The molecule has 0 bridgehead atoms. The maximum atomic E-state index is 10.9. The van der Waals surface area contributed by atoms with Crippen LogP contribution in [0.1, 0.15) is 20.3 Å². The summed E-state index contributed by atoms with van der Waals surface area (Å²) in [6.45, 7) is 3.14. The zero-order valence-electron chi connectivity index (χ0n) is 7.33. The van der Waals surface area contributed by atoms with Crippen molar-refractivity contribution in [2.75, 3.05) is 6.26 Å². The monoisotopic (exact) mass is 192 g/mol. The first-order valence-corrected chi connectivity index (χ1v) is 4.70. The van der Waals surface area contributed by atoms with Crippen molar-refractivity contribution < 1.29 is 18.5 Å². The molecule has 0 fully saturated rings. The van der Waals surface area contributed by atoms with E-state index in [2.05, 4.69) is 8.92 Å². The van der Waals surface area contributed by atoms with Crippen molar-refractivity contribution >= 4 is 24.0 Å². The van der Waals surface area contributed by atoms with Gasteiger partial charge in [-0.2, -0.15) is 0 Å². The molecule has 0 radical (unpaired) electrons. The van der Waals surface area contributed by atoms with Crippen LogP contribution in [0.5, 0.6) is 0 Å². The van der Waals surface area contributed by atoms with Crippen LogP contribution in [-0.4, -0.2) is 24.3 Å². The smallest absolute Gasteiger partial charge is 0.359 e. The summed E-state index contributed by atoms with van der Waals surface area (Å²) in [7, 11) is 0. The average Bonchev–Trinajstić information content (AvgIpc) is 2.04. The summed E-state index contributed by atoms with van der Waals surface area (Å²) in [4.78, 5) is 21.6. The van der Waals surface area contributed by atoms with Gasteiger partial charge in [0.15, 0.2) is 6.10 Å². The third kappa shape index (κ3) is 4.23. The largest absolute Gasteiger partial charge is 0.451 e. The first kappa shape index (κ1) is 11.3. The van der Waals surface area contributed by atoms with E-state index >= 15 is 0 Å². The van der Waals surface area contributed by atoms with Gasteiger partial charge in [0.2, 0.25) is 0 Å². The minimum atomic E-state index is -0.815. The van der Waals surface area contributed by atoms with Crippen LogP contribution in [0.2, 0.25) is 0 Å². The second-order valence-corrected chi connectivity index (χ2v) is 2.55. The van der Waals surface area contributed by atoms with Gasteiger partial charge in [-0.15, -0.1) is 0 Å². The summed E-state index contributed by atoms with van der Waals surface area (Å²) in [6.07, 6.45) is 1.06. The summed E-state index contributed by atoms with van der Waals surface area (Å²) in [6, 6.07) is 0. The second kappa shape index (κ2) is 5.88. The van der Waals surface area contributed by atoms with Gasteiger partial charge in [0, 0.05) is 12.7 Å². The fraction of sp³-hybridized carbons (Fsp3) is 0.714. The first-order chi connectivity index (χ1) is 5.61. The highest BCUT2D eigenvalue weighted by molar-refractivity contribution is 7.94. The van der Waals surface area contributed by atoms with Gasteiger partial charge < -0.3 is 8.92 Å². The van der Waals surface area contributed by atoms with E-state index in [4.69, 9.17) is 0 Å². The fourth-order valence-electron chi connectivity index (χ4n) is 0.479. The lowest BCUT2D eigenvalue weighted by Crippen LogP contribution is -2.24. The Morgan fingerprint density at radius 1 is 1.50 bits per heavy atom. The molecule has 0 spiro atoms. The molecule has 0 rings (SSSR count). The normalized spacial score (nSPS) is 11.9. The quantitative estimate of drug-likeness (QED) is 0.494. The molecule has 0 aliphatic heterocycles. The zero-order valence-corrected chi connectivity index (χ0v) is 8.14. The Hall–Kier alpha value is -0.710. The van der Waals surface area contributed by atoms with Crippen LogP contribution in [0.3, 0.4) is 0 Å². The van der Waals surface area contributed by atoms with Crippen molar-refractivity contribution in [1.29, 1.82) is 0 Å². The number of ether oxygens (including phenoxy) is 1. The van der Waals surface area contributed by atoms with Crippen LogP contribution in [0.4, 0.5) is 0 Å². The molecule has 70 valence electrons. The Morgan fingerprint density at radius 2 is 2.08 bits per heavy atom. The molecule has 0 N–H and O–H groups in total. The Kier molecular flexibility index (Phi) is 5.53. The van der Waals surface area contributed by atoms with Gasteiger partial charge in [0.25, 0.3) is 0 Å². The molecule has 0 aliphatic carbocycles. The van der Waals surface area contributed by atoms with E-state index < -0.39 is 18.0 Å². The van der Waals surface area contributed by atoms with Gasteiger partial charge in [-0.3, -0.25) is 4.79 Å². The van der Waals surface area contributed by atoms with Crippen molar-refractivity contribution in [1.82, 2.24) is 0 Å². The van der Waals surface area contributed by atoms with E-state index in [0.717, 1.165) is 12.0 Å². The van der Waals surface area contributed by atoms with E-state index in [1.807, 2.05) is 0 Å². The molecular weight excluding hydrogens is 180 g/mol. The van der Waals surface area contributed by atoms with Gasteiger partial charge in [0.05, 0.1) is 12.0 Å². The van der Waals surface area contributed by atoms with Crippen LogP contribution >= 0.6 is 12.0 Å². The number of carbonyl (C=O) groups excluding carboxylic acids is 2. The zero-order chi connectivity index (χ0) is 9.56. The Bertz CT molecular complexity index is 169. The molecule has 0 saturated heterocycles. The topological polar surface area (TPSA) is 52.6 Å². The van der Waals surface area contributed by atoms with Crippen LogP contribution < -0.4 is 0 Å². The lowest BCUT2D eigenvalue weighted by Gasteiger charge is -2.09. The minimum absolute atomic E-state index is 0.261. The molecule has 1 atom stereocenters. The molecule has 12 heavy (non-hydrogen) atoms. The summed E-state index contributed by atoms with van der Waals surface area (Å²) >= 11 is 0.932. The lowest BCUT2D eigenvalue weighted by molar-refractivity contribution is -0.160. The minimum Gasteiger partial charge on any atom is -0.451 e. The average molecular weight is 192 g/mol. The van der Waals surface area contributed by atoms with E-state index in [0.29, 0.717) is 0 Å². The number of carbonyl (C=O) groups is 2. The number of hydrogen-bond donors (Lipinski definition) is 0. The highest BCUT2D eigenvalue weighted by Gasteiger charge is 2.17. The SMILES string of the molecule is CCC(=O)OC(C)C(=O)OSC. The van der Waals surface area contributed by atoms with Gasteiger partial charge in [-0.05, 0) is 6.92 Å². The predicted octanol–water partition coefficient (Wildman–Crippen LogP) is 1.15. The maximum absolute atomic E-state index is 10.9. The summed E-state index contributed by atoms with van der Waals surface area (Å²) in [5.74, 6) is -0.940. The van der Waals surface area contributed by atoms with Gasteiger partial charge in [0.1, 0.15) is 0 Å². The van der Waals surface area contributed by atoms with Crippen LogP contribution in [-0.2, 0) is 18.5 Å². The highest BCUT2D eigenvalue weighted by Crippen LogP contribution is 2.03. The summed E-state index contributed by atoms with van der Waals surface area (Å²) < 4.78 is 9.24. The predicted molar refractivity (Wildman–Crippen MR) is 45.5 cm³/mol. The lowest BCUT2D eigenvalue weighted by atomic mass is 10.4. The Morgan fingerprint density at radius 3 is 2.50 bits per heavy atom.